The molecule has 7 heteroatoms. The molecule has 1 aromatic heterocycles. The Morgan fingerprint density at radius 2 is 2.05 bits per heavy atom. The minimum absolute atomic E-state index is 0.0167. The van der Waals surface area contributed by atoms with Crippen LogP contribution in [-0.2, 0) is 6.18 Å². The molecule has 3 rings (SSSR count). The lowest BCUT2D eigenvalue weighted by atomic mass is 10.1. The van der Waals surface area contributed by atoms with Crippen LogP contribution in [0.5, 0.6) is 0 Å². The molecule has 4 nitrogen and oxygen atoms in total. The summed E-state index contributed by atoms with van der Waals surface area (Å²) < 4.78 is 39.4. The smallest absolute Gasteiger partial charge is 0.317 e. The van der Waals surface area contributed by atoms with Crippen LogP contribution in [0.15, 0.2) is 30.6 Å². The molecule has 0 aliphatic heterocycles. The van der Waals surface area contributed by atoms with Crippen molar-refractivity contribution < 1.29 is 18.0 Å². The summed E-state index contributed by atoms with van der Waals surface area (Å²) in [7, 11) is 0. The van der Waals surface area contributed by atoms with Crippen LogP contribution in [0.25, 0.3) is 0 Å². The average Bonchev–Trinajstić information content (AvgIpc) is 2.93. The number of nitrogens with zero attached hydrogens (tertiary/aromatic N) is 2. The molecule has 0 saturated heterocycles. The van der Waals surface area contributed by atoms with Crippen LogP contribution in [-0.4, -0.2) is 15.4 Å². The van der Waals surface area contributed by atoms with E-state index in [9.17, 15) is 18.0 Å². The van der Waals surface area contributed by atoms with E-state index in [0.717, 1.165) is 11.9 Å². The summed E-state index contributed by atoms with van der Waals surface area (Å²) in [4.78, 5) is 15.3. The number of benzene rings is 1. The van der Waals surface area contributed by atoms with E-state index in [1.165, 1.54) is 11.6 Å². The van der Waals surface area contributed by atoms with E-state index in [1.807, 2.05) is 0 Å². The molecular formula is C14H12F3N3O. The standard InChI is InChI=1S/C14H12F3N3O/c1-8-13(14(15,16)17)18-7-20(8)19-11-6-12(21)10-5-3-2-4-9(10)11/h2-5,7,11,19H,6H2,1H3. The number of fused-ring (bicyclic) bond motifs is 1. The number of hydrogen-bond acceptors (Lipinski definition) is 3. The monoisotopic (exact) mass is 295 g/mol. The molecule has 0 radical (unpaired) electrons. The van der Waals surface area contributed by atoms with Gasteiger partial charge in [-0.3, -0.25) is 9.47 Å². The van der Waals surface area contributed by atoms with Crippen LogP contribution < -0.4 is 5.43 Å². The number of nitrogens with one attached hydrogen (secondary N) is 1. The minimum Gasteiger partial charge on any atom is -0.317 e. The fraction of sp³-hybridized carbons (Fsp3) is 0.286. The molecule has 1 aliphatic rings. The first-order valence-corrected chi connectivity index (χ1v) is 6.37. The van der Waals surface area contributed by atoms with Gasteiger partial charge in [0, 0.05) is 12.0 Å². The predicted molar refractivity (Wildman–Crippen MR) is 69.5 cm³/mol. The number of carbonyl (C=O) groups is 1. The lowest BCUT2D eigenvalue weighted by molar-refractivity contribution is -0.141. The van der Waals surface area contributed by atoms with Gasteiger partial charge in [-0.15, -0.1) is 0 Å². The molecule has 1 aliphatic carbocycles. The average molecular weight is 295 g/mol. The summed E-state index contributed by atoms with van der Waals surface area (Å²) >= 11 is 0. The number of alkyl halides is 3. The Bertz CT molecular complexity index is 706. The molecule has 110 valence electrons. The number of halogens is 3. The fourth-order valence-electron chi connectivity index (χ4n) is 2.56. The van der Waals surface area contributed by atoms with E-state index in [1.54, 1.807) is 24.3 Å². The Morgan fingerprint density at radius 1 is 1.33 bits per heavy atom. The van der Waals surface area contributed by atoms with E-state index in [2.05, 4.69) is 10.4 Å². The molecule has 1 aromatic carbocycles. The Morgan fingerprint density at radius 3 is 2.71 bits per heavy atom. The van der Waals surface area contributed by atoms with Crippen molar-refractivity contribution in [1.82, 2.24) is 9.66 Å². The third kappa shape index (κ3) is 2.28. The van der Waals surface area contributed by atoms with Gasteiger partial charge in [0.1, 0.15) is 6.33 Å². The topological polar surface area (TPSA) is 46.9 Å². The van der Waals surface area contributed by atoms with Crippen molar-refractivity contribution in [2.24, 2.45) is 0 Å². The largest absolute Gasteiger partial charge is 0.435 e. The molecule has 21 heavy (non-hydrogen) atoms. The highest BCUT2D eigenvalue weighted by Gasteiger charge is 2.37. The minimum atomic E-state index is -4.49. The van der Waals surface area contributed by atoms with Crippen LogP contribution in [0.3, 0.4) is 0 Å². The second-order valence-corrected chi connectivity index (χ2v) is 4.94. The van der Waals surface area contributed by atoms with Gasteiger partial charge in [-0.2, -0.15) is 13.2 Å². The second kappa shape index (κ2) is 4.61. The van der Waals surface area contributed by atoms with Gasteiger partial charge in [-0.25, -0.2) is 4.98 Å². The van der Waals surface area contributed by atoms with Crippen LogP contribution in [0.4, 0.5) is 13.2 Å². The van der Waals surface area contributed by atoms with Gasteiger partial charge < -0.3 is 5.43 Å². The Balaban J connectivity index is 1.90. The van der Waals surface area contributed by atoms with Gasteiger partial charge >= 0.3 is 6.18 Å². The number of aromatic nitrogens is 2. The molecule has 0 spiro atoms. The lowest BCUT2D eigenvalue weighted by Gasteiger charge is -2.17. The molecule has 1 N–H and O–H groups in total. The maximum Gasteiger partial charge on any atom is 0.435 e. The zero-order chi connectivity index (χ0) is 15.2. The fourth-order valence-corrected chi connectivity index (χ4v) is 2.56. The van der Waals surface area contributed by atoms with Gasteiger partial charge in [0.2, 0.25) is 0 Å². The van der Waals surface area contributed by atoms with E-state index in [-0.39, 0.29) is 23.9 Å². The highest BCUT2D eigenvalue weighted by Crippen LogP contribution is 2.33. The normalized spacial score (nSPS) is 17.9. The van der Waals surface area contributed by atoms with Crippen molar-refractivity contribution >= 4 is 5.78 Å². The second-order valence-electron chi connectivity index (χ2n) is 4.94. The summed E-state index contributed by atoms with van der Waals surface area (Å²) in [5.41, 5.74) is 3.38. The first-order chi connectivity index (χ1) is 9.88. The third-order valence-corrected chi connectivity index (χ3v) is 3.60. The number of Topliss-reactive ketones (excluding diaryl/α,β-unsaturated/α-hetero) is 1. The van der Waals surface area contributed by atoms with Crippen molar-refractivity contribution in [1.29, 1.82) is 0 Å². The molecule has 1 unspecified atom stereocenters. The number of rotatable bonds is 2. The van der Waals surface area contributed by atoms with Gasteiger partial charge in [-0.1, -0.05) is 24.3 Å². The maximum absolute atomic E-state index is 12.7. The summed E-state index contributed by atoms with van der Waals surface area (Å²) in [6.07, 6.45) is -3.18. The summed E-state index contributed by atoms with van der Waals surface area (Å²) in [5.74, 6) is -0.0167. The number of ketones is 1. The Kier molecular flexibility index (Phi) is 3.00. The highest BCUT2D eigenvalue weighted by atomic mass is 19.4. The van der Waals surface area contributed by atoms with Gasteiger partial charge in [0.05, 0.1) is 11.7 Å². The number of carbonyl (C=O) groups excluding carboxylic acids is 1. The number of imidazole rings is 1. The summed E-state index contributed by atoms with van der Waals surface area (Å²) in [6.45, 7) is 1.34. The molecule has 0 amide bonds. The Hall–Kier alpha value is -2.31. The van der Waals surface area contributed by atoms with Crippen LogP contribution in [0, 0.1) is 6.92 Å². The van der Waals surface area contributed by atoms with Crippen LogP contribution in [0.1, 0.15) is 39.8 Å². The SMILES string of the molecule is Cc1c(C(F)(F)F)ncn1NC1CC(=O)c2ccccc21. The van der Waals surface area contributed by atoms with E-state index >= 15 is 0 Å². The van der Waals surface area contributed by atoms with Gasteiger partial charge in [0.15, 0.2) is 11.5 Å². The molecule has 1 heterocycles. The quantitative estimate of drug-likeness (QED) is 0.926. The van der Waals surface area contributed by atoms with E-state index < -0.39 is 11.9 Å². The Labute approximate surface area is 118 Å². The molecular weight excluding hydrogens is 283 g/mol. The zero-order valence-electron chi connectivity index (χ0n) is 11.1. The van der Waals surface area contributed by atoms with Gasteiger partial charge in [0.25, 0.3) is 0 Å². The summed E-state index contributed by atoms with van der Waals surface area (Å²) in [5, 5.41) is 0. The van der Waals surface area contributed by atoms with Crippen molar-refractivity contribution in [3.63, 3.8) is 0 Å². The van der Waals surface area contributed by atoms with E-state index in [0.29, 0.717) is 5.56 Å². The third-order valence-electron chi connectivity index (χ3n) is 3.60. The lowest BCUT2D eigenvalue weighted by Crippen LogP contribution is -2.21. The van der Waals surface area contributed by atoms with Crippen molar-refractivity contribution in [3.8, 4) is 0 Å². The molecule has 0 fully saturated rings. The van der Waals surface area contributed by atoms with Crippen molar-refractivity contribution in [2.45, 2.75) is 25.6 Å². The molecule has 0 bridgehead atoms. The first-order valence-electron chi connectivity index (χ1n) is 6.37. The van der Waals surface area contributed by atoms with E-state index in [4.69, 9.17) is 0 Å². The highest BCUT2D eigenvalue weighted by molar-refractivity contribution is 6.01. The maximum atomic E-state index is 12.7. The van der Waals surface area contributed by atoms with Crippen LogP contribution in [0.2, 0.25) is 0 Å². The molecule has 2 aromatic rings. The van der Waals surface area contributed by atoms with Gasteiger partial charge in [-0.05, 0) is 12.5 Å². The van der Waals surface area contributed by atoms with Crippen molar-refractivity contribution in [3.05, 3.63) is 53.1 Å². The van der Waals surface area contributed by atoms with Crippen LogP contribution >= 0.6 is 0 Å². The predicted octanol–water partition coefficient (Wildman–Crippen LogP) is 3.08. The molecule has 0 saturated carbocycles. The number of hydrogen-bond donors (Lipinski definition) is 1. The zero-order valence-corrected chi connectivity index (χ0v) is 11.1. The van der Waals surface area contributed by atoms with Crippen molar-refractivity contribution in [2.75, 3.05) is 5.43 Å². The summed E-state index contributed by atoms with van der Waals surface area (Å²) in [6, 6.07) is 6.75. The first kappa shape index (κ1) is 13.7. The molecule has 1 atom stereocenters.